The first kappa shape index (κ1) is 19.3. The van der Waals surface area contributed by atoms with Gasteiger partial charge in [0.15, 0.2) is 11.6 Å². The van der Waals surface area contributed by atoms with Gasteiger partial charge in [0, 0.05) is 29.1 Å². The SMILES string of the molecule is N#CCCN(CCC#N)c1ncnc(Oc2ccc(Br)c3cccnc23)c1N. The fourth-order valence-electron chi connectivity index (χ4n) is 2.70. The smallest absolute Gasteiger partial charge is 0.248 e. The number of fused-ring (bicyclic) bond motifs is 1. The largest absolute Gasteiger partial charge is 0.435 e. The monoisotopic (exact) mass is 437 g/mol. The number of anilines is 2. The van der Waals surface area contributed by atoms with Gasteiger partial charge in [-0.25, -0.2) is 4.98 Å². The van der Waals surface area contributed by atoms with Gasteiger partial charge in [0.25, 0.3) is 0 Å². The lowest BCUT2D eigenvalue weighted by atomic mass is 10.2. The van der Waals surface area contributed by atoms with E-state index in [1.165, 1.54) is 6.33 Å². The maximum Gasteiger partial charge on any atom is 0.248 e. The molecule has 0 amide bonds. The summed E-state index contributed by atoms with van der Waals surface area (Å²) in [6, 6.07) is 11.6. The van der Waals surface area contributed by atoms with Crippen molar-refractivity contribution in [1.82, 2.24) is 15.0 Å². The van der Waals surface area contributed by atoms with Gasteiger partial charge in [0.05, 0.1) is 25.0 Å². The summed E-state index contributed by atoms with van der Waals surface area (Å²) in [6.45, 7) is 0.809. The van der Waals surface area contributed by atoms with Crippen LogP contribution in [0.4, 0.5) is 11.5 Å². The molecule has 3 aromatic rings. The van der Waals surface area contributed by atoms with Crippen molar-refractivity contribution in [2.75, 3.05) is 23.7 Å². The number of rotatable bonds is 7. The van der Waals surface area contributed by atoms with E-state index >= 15 is 0 Å². The molecule has 0 atom stereocenters. The van der Waals surface area contributed by atoms with E-state index in [4.69, 9.17) is 21.0 Å². The summed E-state index contributed by atoms with van der Waals surface area (Å²) in [5.74, 6) is 1.14. The number of nitrogens with zero attached hydrogens (tertiary/aromatic N) is 6. The number of hydrogen-bond donors (Lipinski definition) is 1. The maximum absolute atomic E-state index is 8.89. The standard InChI is InChI=1S/C19H16BrN7O/c20-14-5-6-15(17-13(14)4-1-9-24-17)28-19-16(23)18(25-12-26-19)27(10-2-7-21)11-3-8-22/h1,4-6,9,12H,2-3,10-11,23H2. The lowest BCUT2D eigenvalue weighted by Gasteiger charge is -2.23. The molecule has 0 saturated heterocycles. The molecule has 2 N–H and O–H groups in total. The molecule has 0 aliphatic rings. The number of halogens is 1. The van der Waals surface area contributed by atoms with Crippen molar-refractivity contribution in [3.63, 3.8) is 0 Å². The Labute approximate surface area is 170 Å². The Morgan fingerprint density at radius 2 is 1.82 bits per heavy atom. The molecule has 0 bridgehead atoms. The molecule has 1 aromatic carbocycles. The van der Waals surface area contributed by atoms with Gasteiger partial charge in [-0.2, -0.15) is 15.5 Å². The second-order valence-corrected chi connectivity index (χ2v) is 6.62. The van der Waals surface area contributed by atoms with Crippen LogP contribution in [-0.2, 0) is 0 Å². The molecular weight excluding hydrogens is 422 g/mol. The molecule has 0 unspecified atom stereocenters. The fraction of sp³-hybridized carbons (Fsp3) is 0.211. The summed E-state index contributed by atoms with van der Waals surface area (Å²) in [6.07, 6.45) is 3.60. The number of nitrogen functional groups attached to an aromatic ring is 1. The Morgan fingerprint density at radius 3 is 2.54 bits per heavy atom. The first-order chi connectivity index (χ1) is 13.7. The second kappa shape index (κ2) is 8.98. The molecule has 2 aromatic heterocycles. The average Bonchev–Trinajstić information content (AvgIpc) is 2.72. The third kappa shape index (κ3) is 4.11. The Balaban J connectivity index is 1.96. The minimum Gasteiger partial charge on any atom is -0.435 e. The molecule has 0 spiro atoms. The van der Waals surface area contributed by atoms with Crippen LogP contribution in [0.3, 0.4) is 0 Å². The molecule has 0 aliphatic heterocycles. The first-order valence-electron chi connectivity index (χ1n) is 8.46. The molecule has 0 fully saturated rings. The molecule has 0 radical (unpaired) electrons. The lowest BCUT2D eigenvalue weighted by molar-refractivity contribution is 0.468. The highest BCUT2D eigenvalue weighted by molar-refractivity contribution is 9.10. The zero-order valence-electron chi connectivity index (χ0n) is 14.8. The topological polar surface area (TPSA) is 125 Å². The Hall–Kier alpha value is -3.43. The number of pyridine rings is 1. The number of benzene rings is 1. The van der Waals surface area contributed by atoms with Gasteiger partial charge in [-0.15, -0.1) is 0 Å². The van der Waals surface area contributed by atoms with Crippen LogP contribution in [0.1, 0.15) is 12.8 Å². The van der Waals surface area contributed by atoms with Crippen LogP contribution in [0, 0.1) is 22.7 Å². The minimum absolute atomic E-state index is 0.193. The lowest BCUT2D eigenvalue weighted by Crippen LogP contribution is -2.27. The van der Waals surface area contributed by atoms with E-state index in [0.29, 0.717) is 30.2 Å². The summed E-state index contributed by atoms with van der Waals surface area (Å²) >= 11 is 3.50. The summed E-state index contributed by atoms with van der Waals surface area (Å²) in [5, 5.41) is 18.7. The summed E-state index contributed by atoms with van der Waals surface area (Å²) in [7, 11) is 0. The predicted molar refractivity (Wildman–Crippen MR) is 109 cm³/mol. The fourth-order valence-corrected chi connectivity index (χ4v) is 3.15. The summed E-state index contributed by atoms with van der Waals surface area (Å²) < 4.78 is 6.86. The molecule has 3 rings (SSSR count). The van der Waals surface area contributed by atoms with Crippen LogP contribution < -0.4 is 15.4 Å². The van der Waals surface area contributed by atoms with Gasteiger partial charge in [-0.1, -0.05) is 22.0 Å². The van der Waals surface area contributed by atoms with Crippen molar-refractivity contribution in [3.8, 4) is 23.8 Å². The molecule has 0 saturated carbocycles. The molecule has 0 aliphatic carbocycles. The van der Waals surface area contributed by atoms with Gasteiger partial charge in [0.1, 0.15) is 17.5 Å². The van der Waals surface area contributed by atoms with Crippen LogP contribution >= 0.6 is 15.9 Å². The van der Waals surface area contributed by atoms with Gasteiger partial charge in [-0.05, 0) is 18.2 Å². The molecule has 28 heavy (non-hydrogen) atoms. The Bertz CT molecular complexity index is 1060. The van der Waals surface area contributed by atoms with Crippen molar-refractivity contribution in [2.24, 2.45) is 0 Å². The zero-order chi connectivity index (χ0) is 19.9. The number of aromatic nitrogens is 3. The van der Waals surface area contributed by atoms with Crippen molar-refractivity contribution < 1.29 is 4.74 Å². The van der Waals surface area contributed by atoms with E-state index in [1.807, 2.05) is 18.2 Å². The summed E-state index contributed by atoms with van der Waals surface area (Å²) in [5.41, 5.74) is 7.17. The summed E-state index contributed by atoms with van der Waals surface area (Å²) in [4.78, 5) is 14.6. The molecule has 8 nitrogen and oxygen atoms in total. The van der Waals surface area contributed by atoms with Crippen molar-refractivity contribution in [3.05, 3.63) is 41.3 Å². The average molecular weight is 438 g/mol. The number of hydrogen-bond acceptors (Lipinski definition) is 8. The first-order valence-corrected chi connectivity index (χ1v) is 9.25. The van der Waals surface area contributed by atoms with Gasteiger partial charge in [-0.3, -0.25) is 4.98 Å². The second-order valence-electron chi connectivity index (χ2n) is 5.77. The van der Waals surface area contributed by atoms with Gasteiger partial charge < -0.3 is 15.4 Å². The zero-order valence-corrected chi connectivity index (χ0v) is 16.4. The van der Waals surface area contributed by atoms with E-state index in [1.54, 1.807) is 17.2 Å². The minimum atomic E-state index is 0.193. The van der Waals surface area contributed by atoms with Gasteiger partial charge in [0.2, 0.25) is 5.88 Å². The van der Waals surface area contributed by atoms with Crippen LogP contribution in [0.25, 0.3) is 10.9 Å². The third-order valence-corrected chi connectivity index (χ3v) is 4.69. The van der Waals surface area contributed by atoms with E-state index in [0.717, 1.165) is 9.86 Å². The predicted octanol–water partition coefficient (Wildman–Crippen LogP) is 3.80. The van der Waals surface area contributed by atoms with Crippen LogP contribution in [0.5, 0.6) is 11.6 Å². The Morgan fingerprint density at radius 1 is 1.07 bits per heavy atom. The molecule has 2 heterocycles. The Kier molecular flexibility index (Phi) is 6.20. The highest BCUT2D eigenvalue weighted by atomic mass is 79.9. The highest BCUT2D eigenvalue weighted by Gasteiger charge is 2.17. The maximum atomic E-state index is 8.89. The van der Waals surface area contributed by atoms with E-state index in [-0.39, 0.29) is 24.4 Å². The normalized spacial score (nSPS) is 10.2. The number of ether oxygens (including phenoxy) is 1. The quantitative estimate of drug-likeness (QED) is 0.591. The van der Waals surface area contributed by atoms with Crippen LogP contribution in [0.15, 0.2) is 41.3 Å². The van der Waals surface area contributed by atoms with E-state index in [2.05, 4.69) is 43.0 Å². The van der Waals surface area contributed by atoms with Gasteiger partial charge >= 0.3 is 0 Å². The molecule has 140 valence electrons. The van der Waals surface area contributed by atoms with Crippen LogP contribution in [-0.4, -0.2) is 28.0 Å². The van der Waals surface area contributed by atoms with Crippen molar-refractivity contribution >= 4 is 38.3 Å². The van der Waals surface area contributed by atoms with Crippen LogP contribution in [0.2, 0.25) is 0 Å². The number of nitrogens with two attached hydrogens (primary N) is 1. The highest BCUT2D eigenvalue weighted by Crippen LogP contribution is 2.36. The van der Waals surface area contributed by atoms with E-state index in [9.17, 15) is 0 Å². The number of nitriles is 2. The molecule has 9 heteroatoms. The van der Waals surface area contributed by atoms with Crippen molar-refractivity contribution in [1.29, 1.82) is 10.5 Å². The molecular formula is C19H16BrN7O. The third-order valence-electron chi connectivity index (χ3n) is 4.00. The van der Waals surface area contributed by atoms with Crippen molar-refractivity contribution in [2.45, 2.75) is 12.8 Å². The van der Waals surface area contributed by atoms with E-state index < -0.39 is 0 Å².